The molecule has 6 aromatic carbocycles. The maximum Gasteiger partial charge on any atom is 0.495 e. The second-order valence-electron chi connectivity index (χ2n) is 32.0. The topological polar surface area (TPSA) is 199 Å². The second kappa shape index (κ2) is 33.3. The zero-order valence-corrected chi connectivity index (χ0v) is 62.8. The van der Waals surface area contributed by atoms with E-state index in [0.29, 0.717) is 63.9 Å². The Morgan fingerprint density at radius 3 is 1.05 bits per heavy atom. The molecule has 3 saturated carbocycles. The van der Waals surface area contributed by atoms with E-state index in [4.69, 9.17) is 23.5 Å². The highest BCUT2D eigenvalue weighted by atomic mass is 79.9. The highest BCUT2D eigenvalue weighted by Crippen LogP contribution is 2.67. The summed E-state index contributed by atoms with van der Waals surface area (Å²) in [4.78, 5) is 77.9. The molecule has 10 fully saturated rings. The standard InChI is InChI=1S/2C26H29NO4.C18H22BrNO2.C15H21BO3.3CH4/c2*1-17-4-5-20(25(29)30)15-21(17)18-6-8-19(9-7-18)22-16-26(22)10-12-27(13-11-26)24(28)23-3-2-14-31-23;19-14-5-3-13(4-6-14)15-12-18(15)7-9-20(10-8-18)17(21)16-2-1-11-22-16;1-10-7-8-12(11(2)17)9-13(10)16-18-14(3,4)15(5,6)19-16;;;/h2*4-9,15,22-23H,2-3,10-14,16H2,1H3,(H,29,30);3-6,15-16H,1-2,7-12H2;7-9H,1-6H3;3*1H4/t22-,23+;22-,23-;15?,16-;;;;/m011..../s1. The monoisotopic (exact) mass is 1510 g/mol. The molecule has 3 amide bonds. The minimum atomic E-state index is -0.901. The third-order valence-corrected chi connectivity index (χ3v) is 25.6. The van der Waals surface area contributed by atoms with Crippen molar-refractivity contribution >= 4 is 64.0 Å². The summed E-state index contributed by atoms with van der Waals surface area (Å²) >= 11 is 3.50. The van der Waals surface area contributed by atoms with Crippen LogP contribution in [0.1, 0.15) is 235 Å². The van der Waals surface area contributed by atoms with E-state index in [1.54, 1.807) is 31.2 Å². The SMILES string of the molecule is C.C.C.CC(=O)c1ccc(C)c(B2OC(C)(C)C(C)(C)O2)c1.Cc1ccc(C(=O)O)cc1-c1ccc([C@@H]2CC23CCN(C(=O)[C@H]2CCCO2)CC3)cc1.Cc1ccc(C(=O)O)cc1-c1ccc([C@H]2CC23CCN(C(=O)[C@H]2CCCO2)CC3)cc1.O=C([C@H]1CCCO1)N1CCC2(CC1)CC2c1ccc(Br)cc1. The first-order valence-electron chi connectivity index (χ1n) is 37.6. The van der Waals surface area contributed by atoms with Crippen molar-refractivity contribution in [1.82, 2.24) is 14.7 Å². The number of carbonyl (C=O) groups excluding carboxylic acids is 4. The molecule has 7 saturated heterocycles. The fourth-order valence-corrected chi connectivity index (χ4v) is 17.5. The molecule has 0 radical (unpaired) electrons. The molecule has 7 heterocycles. The summed E-state index contributed by atoms with van der Waals surface area (Å²) in [5.41, 5.74) is 14.1. The predicted molar refractivity (Wildman–Crippen MR) is 422 cm³/mol. The molecule has 568 valence electrons. The van der Waals surface area contributed by atoms with E-state index >= 15 is 0 Å². The number of benzene rings is 6. The number of carbonyl (C=O) groups is 6. The number of rotatable bonds is 12. The lowest BCUT2D eigenvalue weighted by Crippen LogP contribution is -2.44. The van der Waals surface area contributed by atoms with Gasteiger partial charge in [-0.1, -0.05) is 135 Å². The molecule has 0 bridgehead atoms. The van der Waals surface area contributed by atoms with Gasteiger partial charge in [0.1, 0.15) is 18.3 Å². The Bertz CT molecular complexity index is 3930. The number of aromatic carboxylic acids is 2. The molecule has 3 aliphatic carbocycles. The molecule has 2 N–H and O–H groups in total. The van der Waals surface area contributed by atoms with Crippen molar-refractivity contribution in [2.45, 2.75) is 221 Å². The highest BCUT2D eigenvalue weighted by Gasteiger charge is 2.59. The van der Waals surface area contributed by atoms with Crippen LogP contribution in [0, 0.1) is 37.0 Å². The Kier molecular flexibility index (Phi) is 25.5. The normalized spacial score (nSPS) is 24.1. The van der Waals surface area contributed by atoms with Gasteiger partial charge in [-0.05, 0) is 278 Å². The molecular weight excluding hydrogens is 1400 g/mol. The van der Waals surface area contributed by atoms with Gasteiger partial charge in [-0.25, -0.2) is 9.59 Å². The Hall–Kier alpha value is -7.32. The minimum Gasteiger partial charge on any atom is -0.478 e. The summed E-state index contributed by atoms with van der Waals surface area (Å²) < 4.78 is 29.9. The lowest BCUT2D eigenvalue weighted by atomic mass is 9.75. The Balaban J connectivity index is 0.000000153. The number of carboxylic acids is 2. The number of halogens is 1. The third-order valence-electron chi connectivity index (χ3n) is 25.1. The summed E-state index contributed by atoms with van der Waals surface area (Å²) in [6.45, 7) is 23.1. The maximum atomic E-state index is 12.6. The van der Waals surface area contributed by atoms with E-state index in [9.17, 15) is 39.0 Å². The molecule has 1 unspecified atom stereocenters. The lowest BCUT2D eigenvalue weighted by molar-refractivity contribution is -0.143. The van der Waals surface area contributed by atoms with Gasteiger partial charge in [-0.15, -0.1) is 0 Å². The summed E-state index contributed by atoms with van der Waals surface area (Å²) in [6, 6.07) is 42.2. The maximum absolute atomic E-state index is 12.6. The molecule has 3 spiro atoms. The second-order valence-corrected chi connectivity index (χ2v) is 32.9. The first-order chi connectivity index (χ1) is 49.2. The first kappa shape index (κ1) is 81.2. The van der Waals surface area contributed by atoms with Crippen LogP contribution in [0.5, 0.6) is 0 Å². The van der Waals surface area contributed by atoms with Crippen LogP contribution in [0.2, 0.25) is 0 Å². The molecular formula is C88H113BBrN3O13. The number of carboxylic acid groups (broad SMARTS) is 2. The molecule has 16 nitrogen and oxygen atoms in total. The summed E-state index contributed by atoms with van der Waals surface area (Å²) in [7, 11) is -0.413. The van der Waals surface area contributed by atoms with Gasteiger partial charge in [0.15, 0.2) is 5.78 Å². The molecule has 6 aromatic rings. The fraction of sp³-hybridized carbons (Fsp3) is 0.523. The van der Waals surface area contributed by atoms with E-state index in [1.807, 2.05) is 93.5 Å². The van der Waals surface area contributed by atoms with E-state index in [-0.39, 0.29) is 75.3 Å². The number of hydrogen-bond acceptors (Lipinski definition) is 11. The summed E-state index contributed by atoms with van der Waals surface area (Å²) in [6.07, 6.45) is 15.3. The van der Waals surface area contributed by atoms with E-state index < -0.39 is 19.1 Å². The number of ether oxygens (including phenoxy) is 3. The molecule has 0 aromatic heterocycles. The largest absolute Gasteiger partial charge is 0.495 e. The molecule has 18 heteroatoms. The van der Waals surface area contributed by atoms with Gasteiger partial charge in [-0.3, -0.25) is 19.2 Å². The van der Waals surface area contributed by atoms with Crippen molar-refractivity contribution in [2.24, 2.45) is 16.2 Å². The van der Waals surface area contributed by atoms with Crippen LogP contribution in [0.3, 0.4) is 0 Å². The van der Waals surface area contributed by atoms with Crippen molar-refractivity contribution < 1.29 is 62.5 Å². The zero-order valence-electron chi connectivity index (χ0n) is 61.2. The van der Waals surface area contributed by atoms with E-state index in [2.05, 4.69) is 88.7 Å². The number of ketones is 1. The quantitative estimate of drug-likeness (QED) is 0.0867. The molecule has 7 aliphatic heterocycles. The van der Waals surface area contributed by atoms with Crippen LogP contribution in [0.15, 0.2) is 132 Å². The molecule has 6 atom stereocenters. The number of amides is 3. The van der Waals surface area contributed by atoms with Gasteiger partial charge in [0, 0.05) is 69.1 Å². The predicted octanol–water partition coefficient (Wildman–Crippen LogP) is 17.4. The Morgan fingerprint density at radius 1 is 0.434 bits per heavy atom. The van der Waals surface area contributed by atoms with Crippen LogP contribution >= 0.6 is 15.9 Å². The number of piperidine rings is 3. The minimum absolute atomic E-state index is 0. The van der Waals surface area contributed by atoms with E-state index in [1.165, 1.54) is 36.0 Å². The van der Waals surface area contributed by atoms with Crippen molar-refractivity contribution in [3.63, 3.8) is 0 Å². The average Bonchev–Trinajstić information content (AvgIpc) is 1.59. The van der Waals surface area contributed by atoms with Gasteiger partial charge in [0.05, 0.1) is 22.3 Å². The zero-order chi connectivity index (χ0) is 72.8. The Labute approximate surface area is 638 Å². The van der Waals surface area contributed by atoms with Crippen LogP contribution in [0.4, 0.5) is 0 Å². The van der Waals surface area contributed by atoms with Gasteiger partial charge in [0.25, 0.3) is 17.7 Å². The fourth-order valence-electron chi connectivity index (χ4n) is 17.3. The van der Waals surface area contributed by atoms with Crippen molar-refractivity contribution in [3.8, 4) is 22.3 Å². The van der Waals surface area contributed by atoms with Gasteiger partial charge < -0.3 is 48.4 Å². The van der Waals surface area contributed by atoms with Crippen LogP contribution in [-0.2, 0) is 37.9 Å². The number of hydrogen-bond donors (Lipinski definition) is 2. The smallest absolute Gasteiger partial charge is 0.478 e. The van der Waals surface area contributed by atoms with Crippen molar-refractivity contribution in [2.75, 3.05) is 59.1 Å². The van der Waals surface area contributed by atoms with Gasteiger partial charge in [0.2, 0.25) is 0 Å². The van der Waals surface area contributed by atoms with Crippen LogP contribution in [-0.4, -0.2) is 156 Å². The highest BCUT2D eigenvalue weighted by molar-refractivity contribution is 9.10. The van der Waals surface area contributed by atoms with Crippen LogP contribution < -0.4 is 5.46 Å². The lowest BCUT2D eigenvalue weighted by Gasteiger charge is -2.34. The number of nitrogens with zero attached hydrogens (tertiary/aromatic N) is 3. The van der Waals surface area contributed by atoms with Gasteiger partial charge in [-0.2, -0.15) is 0 Å². The number of Topliss-reactive ketones (excluding diaryl/α,β-unsaturated/α-hetero) is 1. The van der Waals surface area contributed by atoms with E-state index in [0.717, 1.165) is 172 Å². The third kappa shape index (κ3) is 17.5. The van der Waals surface area contributed by atoms with Crippen molar-refractivity contribution in [3.05, 3.63) is 182 Å². The summed E-state index contributed by atoms with van der Waals surface area (Å²) in [5, 5.41) is 18.6. The molecule has 16 rings (SSSR count). The average molecular weight is 1510 g/mol. The van der Waals surface area contributed by atoms with Crippen molar-refractivity contribution in [1.29, 1.82) is 0 Å². The molecule has 106 heavy (non-hydrogen) atoms. The Morgan fingerprint density at radius 2 is 0.745 bits per heavy atom. The first-order valence-corrected chi connectivity index (χ1v) is 38.4. The molecule has 10 aliphatic rings. The number of aryl methyl sites for hydroxylation is 3. The van der Waals surface area contributed by atoms with Gasteiger partial charge >= 0.3 is 19.1 Å². The summed E-state index contributed by atoms with van der Waals surface area (Å²) in [5.74, 6) is 0.678. The van der Waals surface area contributed by atoms with Crippen LogP contribution in [0.25, 0.3) is 22.3 Å². The number of likely N-dealkylation sites (tertiary alicyclic amines) is 3.